The first-order chi connectivity index (χ1) is 14.7. The zero-order valence-electron chi connectivity index (χ0n) is 15.8. The zero-order chi connectivity index (χ0) is 22.5. The lowest BCUT2D eigenvalue weighted by Gasteiger charge is -2.13. The van der Waals surface area contributed by atoms with Gasteiger partial charge in [0, 0.05) is 12.1 Å². The van der Waals surface area contributed by atoms with Crippen LogP contribution in [0.3, 0.4) is 0 Å². The highest BCUT2D eigenvalue weighted by atomic mass is 19.1. The normalized spacial score (nSPS) is 13.0. The Balaban J connectivity index is 1.59. The number of hydrogen-bond donors (Lipinski definition) is 2. The number of amides is 4. The van der Waals surface area contributed by atoms with Crippen LogP contribution in [0.15, 0.2) is 42.5 Å². The van der Waals surface area contributed by atoms with E-state index < -0.39 is 52.5 Å². The number of rotatable bonds is 7. The van der Waals surface area contributed by atoms with E-state index in [1.165, 1.54) is 18.2 Å². The van der Waals surface area contributed by atoms with Gasteiger partial charge in [0.05, 0.1) is 29.3 Å². The van der Waals surface area contributed by atoms with Crippen molar-refractivity contribution in [2.75, 3.05) is 18.5 Å². The lowest BCUT2D eigenvalue weighted by Crippen LogP contribution is -2.30. The highest BCUT2D eigenvalue weighted by Crippen LogP contribution is 2.21. The Kier molecular flexibility index (Phi) is 6.19. The van der Waals surface area contributed by atoms with Gasteiger partial charge >= 0.3 is 12.0 Å². The first-order valence-corrected chi connectivity index (χ1v) is 8.82. The molecule has 0 radical (unpaired) electrons. The number of nitrogens with zero attached hydrogens (tertiary/aromatic N) is 2. The van der Waals surface area contributed by atoms with Gasteiger partial charge < -0.3 is 15.4 Å². The van der Waals surface area contributed by atoms with Crippen molar-refractivity contribution in [1.82, 2.24) is 10.2 Å². The fourth-order valence-corrected chi connectivity index (χ4v) is 2.72. The molecule has 0 bridgehead atoms. The number of anilines is 1. The lowest BCUT2D eigenvalue weighted by atomic mass is 10.1. The van der Waals surface area contributed by atoms with E-state index in [-0.39, 0.29) is 18.7 Å². The fourth-order valence-electron chi connectivity index (χ4n) is 2.72. The van der Waals surface area contributed by atoms with Crippen LogP contribution in [0.2, 0.25) is 0 Å². The van der Waals surface area contributed by atoms with Crippen LogP contribution >= 0.6 is 0 Å². The van der Waals surface area contributed by atoms with E-state index in [0.717, 1.165) is 23.1 Å². The van der Waals surface area contributed by atoms with Crippen LogP contribution in [0.5, 0.6) is 0 Å². The van der Waals surface area contributed by atoms with Crippen molar-refractivity contribution in [3.8, 4) is 0 Å². The number of esters is 1. The van der Waals surface area contributed by atoms with Gasteiger partial charge in [-0.2, -0.15) is 0 Å². The average molecular weight is 430 g/mol. The molecule has 1 saturated heterocycles. The summed E-state index contributed by atoms with van der Waals surface area (Å²) in [5.74, 6) is -3.06. The van der Waals surface area contributed by atoms with Crippen molar-refractivity contribution < 1.29 is 33.2 Å². The van der Waals surface area contributed by atoms with Gasteiger partial charge in [0.1, 0.15) is 5.82 Å². The maximum absolute atomic E-state index is 13.7. The van der Waals surface area contributed by atoms with E-state index >= 15 is 0 Å². The number of halogens is 1. The summed E-state index contributed by atoms with van der Waals surface area (Å²) in [4.78, 5) is 58.4. The molecule has 2 aromatic rings. The maximum Gasteiger partial charge on any atom is 0.338 e. The second-order valence-electron chi connectivity index (χ2n) is 6.38. The molecular formula is C19H15FN4O7. The van der Waals surface area contributed by atoms with Crippen LogP contribution in [0.1, 0.15) is 15.9 Å². The molecule has 2 N–H and O–H groups in total. The number of carbonyl (C=O) groups excluding carboxylic acids is 4. The van der Waals surface area contributed by atoms with Gasteiger partial charge in [0.15, 0.2) is 6.61 Å². The molecule has 0 saturated carbocycles. The summed E-state index contributed by atoms with van der Waals surface area (Å²) < 4.78 is 18.6. The van der Waals surface area contributed by atoms with E-state index in [1.54, 1.807) is 6.07 Å². The van der Waals surface area contributed by atoms with Gasteiger partial charge in [-0.15, -0.1) is 0 Å². The van der Waals surface area contributed by atoms with Gasteiger partial charge in [0.25, 0.3) is 11.6 Å². The number of hydrogen-bond acceptors (Lipinski definition) is 7. The second-order valence-corrected chi connectivity index (χ2v) is 6.38. The van der Waals surface area contributed by atoms with E-state index in [0.29, 0.717) is 5.56 Å². The van der Waals surface area contributed by atoms with E-state index in [1.807, 2.05) is 0 Å². The van der Waals surface area contributed by atoms with E-state index in [9.17, 15) is 33.7 Å². The van der Waals surface area contributed by atoms with Crippen molar-refractivity contribution in [2.45, 2.75) is 6.54 Å². The predicted molar refractivity (Wildman–Crippen MR) is 102 cm³/mol. The van der Waals surface area contributed by atoms with Gasteiger partial charge in [0.2, 0.25) is 5.91 Å². The van der Waals surface area contributed by atoms with Crippen LogP contribution in [0.25, 0.3) is 0 Å². The van der Waals surface area contributed by atoms with Crippen LogP contribution in [-0.2, 0) is 20.9 Å². The Hall–Kier alpha value is -4.35. The Bertz CT molecular complexity index is 1070. The molecule has 31 heavy (non-hydrogen) atoms. The smallest absolute Gasteiger partial charge is 0.338 e. The fraction of sp³-hybridized carbons (Fsp3) is 0.158. The Morgan fingerprint density at radius 3 is 2.68 bits per heavy atom. The number of ether oxygens (including phenoxy) is 1. The number of nitrogens with one attached hydrogen (secondary N) is 2. The van der Waals surface area contributed by atoms with Gasteiger partial charge in [-0.05, 0) is 23.8 Å². The molecule has 160 valence electrons. The Morgan fingerprint density at radius 1 is 1.23 bits per heavy atom. The number of nitro groups is 1. The summed E-state index contributed by atoms with van der Waals surface area (Å²) in [6, 6.07) is 8.01. The summed E-state index contributed by atoms with van der Waals surface area (Å²) >= 11 is 0. The summed E-state index contributed by atoms with van der Waals surface area (Å²) in [5.41, 5.74) is -0.289. The second kappa shape index (κ2) is 8.98. The van der Waals surface area contributed by atoms with E-state index in [4.69, 9.17) is 4.74 Å². The molecule has 12 heteroatoms. The third-order valence-corrected chi connectivity index (χ3v) is 4.21. The quantitative estimate of drug-likeness (QED) is 0.293. The molecule has 0 spiro atoms. The zero-order valence-corrected chi connectivity index (χ0v) is 15.8. The minimum atomic E-state index is -0.900. The van der Waals surface area contributed by atoms with Crippen LogP contribution in [-0.4, -0.2) is 46.8 Å². The lowest BCUT2D eigenvalue weighted by molar-refractivity contribution is -0.384. The third kappa shape index (κ3) is 5.18. The number of carbonyl (C=O) groups is 4. The molecule has 0 unspecified atom stereocenters. The highest BCUT2D eigenvalue weighted by Gasteiger charge is 2.28. The largest absolute Gasteiger partial charge is 0.452 e. The van der Waals surface area contributed by atoms with Crippen LogP contribution < -0.4 is 10.6 Å². The first-order valence-electron chi connectivity index (χ1n) is 8.82. The van der Waals surface area contributed by atoms with Crippen molar-refractivity contribution >= 4 is 35.2 Å². The monoisotopic (exact) mass is 430 g/mol. The summed E-state index contributed by atoms with van der Waals surface area (Å²) in [6.45, 7) is -0.905. The number of imide groups is 1. The minimum Gasteiger partial charge on any atom is -0.452 e. The van der Waals surface area contributed by atoms with Crippen molar-refractivity contribution in [1.29, 1.82) is 0 Å². The van der Waals surface area contributed by atoms with Crippen molar-refractivity contribution in [3.05, 3.63) is 69.5 Å². The molecule has 0 atom stereocenters. The molecule has 1 aliphatic heterocycles. The first kappa shape index (κ1) is 21.4. The molecule has 11 nitrogen and oxygen atoms in total. The summed E-state index contributed by atoms with van der Waals surface area (Å²) in [7, 11) is 0. The maximum atomic E-state index is 13.7. The number of benzene rings is 2. The predicted octanol–water partition coefficient (Wildman–Crippen LogP) is 1.58. The van der Waals surface area contributed by atoms with Gasteiger partial charge in [-0.1, -0.05) is 12.1 Å². The number of urea groups is 1. The SMILES string of the molecule is O=C(COC(=O)c1cccc(CN2C(=O)CNC2=O)c1)Nc1cc([N+](=O)[O-])ccc1F. The number of non-ortho nitro benzene ring substituents is 1. The van der Waals surface area contributed by atoms with Crippen LogP contribution in [0.4, 0.5) is 20.6 Å². The molecular weight excluding hydrogens is 415 g/mol. The topological polar surface area (TPSA) is 148 Å². The van der Waals surface area contributed by atoms with Gasteiger partial charge in [-0.3, -0.25) is 24.6 Å². The summed E-state index contributed by atoms with van der Waals surface area (Å²) in [5, 5.41) is 15.2. The molecule has 3 rings (SSSR count). The minimum absolute atomic E-state index is 0.0433. The molecule has 4 amide bonds. The molecule has 1 heterocycles. The van der Waals surface area contributed by atoms with Crippen molar-refractivity contribution in [2.24, 2.45) is 0 Å². The van der Waals surface area contributed by atoms with E-state index in [2.05, 4.69) is 10.6 Å². The highest BCUT2D eigenvalue weighted by molar-refractivity contribution is 6.02. The molecule has 2 aromatic carbocycles. The van der Waals surface area contributed by atoms with Gasteiger partial charge in [-0.25, -0.2) is 14.0 Å². The standard InChI is InChI=1S/C19H15FN4O7/c20-14-5-4-13(24(29)30)7-15(14)22-16(25)10-31-18(27)12-3-1-2-11(6-12)9-23-17(26)8-21-19(23)28/h1-7H,8-10H2,(H,21,28)(H,22,25). The number of nitro benzene ring substituents is 1. The average Bonchev–Trinajstić information content (AvgIpc) is 3.05. The van der Waals surface area contributed by atoms with Crippen LogP contribution in [0, 0.1) is 15.9 Å². The molecule has 1 fully saturated rings. The molecule has 1 aliphatic rings. The summed E-state index contributed by atoms with van der Waals surface area (Å²) in [6.07, 6.45) is 0. The Morgan fingerprint density at radius 2 is 2.00 bits per heavy atom. The molecule has 0 aliphatic carbocycles. The third-order valence-electron chi connectivity index (χ3n) is 4.21. The Labute approximate surface area is 173 Å². The molecule has 0 aromatic heterocycles. The van der Waals surface area contributed by atoms with Crippen molar-refractivity contribution in [3.63, 3.8) is 0 Å².